The SMILES string of the molecule is CCCC(O)c1ccc(F)c(F)c1. The third kappa shape index (κ3) is 2.49. The Morgan fingerprint density at radius 2 is 2.00 bits per heavy atom. The molecule has 0 radical (unpaired) electrons. The number of hydrogen-bond donors (Lipinski definition) is 1. The Kier molecular flexibility index (Phi) is 3.37. The molecule has 1 nitrogen and oxygen atoms in total. The summed E-state index contributed by atoms with van der Waals surface area (Å²) in [5, 5.41) is 9.45. The van der Waals surface area contributed by atoms with E-state index in [1.165, 1.54) is 6.07 Å². The van der Waals surface area contributed by atoms with Crippen LogP contribution in [-0.4, -0.2) is 5.11 Å². The molecule has 0 bridgehead atoms. The summed E-state index contributed by atoms with van der Waals surface area (Å²) in [5.41, 5.74) is 0.431. The van der Waals surface area contributed by atoms with E-state index in [9.17, 15) is 13.9 Å². The normalized spacial score (nSPS) is 12.9. The Labute approximate surface area is 76.0 Å². The predicted molar refractivity (Wildman–Crippen MR) is 46.2 cm³/mol. The smallest absolute Gasteiger partial charge is 0.159 e. The molecule has 1 N–H and O–H groups in total. The van der Waals surface area contributed by atoms with Gasteiger partial charge in [-0.05, 0) is 24.1 Å². The molecule has 13 heavy (non-hydrogen) atoms. The van der Waals surface area contributed by atoms with Crippen LogP contribution in [0.1, 0.15) is 31.4 Å². The fourth-order valence-electron chi connectivity index (χ4n) is 1.16. The van der Waals surface area contributed by atoms with Crippen LogP contribution in [0.25, 0.3) is 0 Å². The third-order valence-electron chi connectivity index (χ3n) is 1.89. The summed E-state index contributed by atoms with van der Waals surface area (Å²) in [6, 6.07) is 3.47. The van der Waals surface area contributed by atoms with Crippen molar-refractivity contribution >= 4 is 0 Å². The van der Waals surface area contributed by atoms with Crippen molar-refractivity contribution < 1.29 is 13.9 Å². The van der Waals surface area contributed by atoms with E-state index < -0.39 is 17.7 Å². The number of hydrogen-bond acceptors (Lipinski definition) is 1. The summed E-state index contributed by atoms with van der Waals surface area (Å²) in [4.78, 5) is 0. The molecule has 0 fully saturated rings. The van der Waals surface area contributed by atoms with Gasteiger partial charge in [0.05, 0.1) is 6.10 Å². The molecule has 1 aromatic carbocycles. The van der Waals surface area contributed by atoms with Crippen LogP contribution in [-0.2, 0) is 0 Å². The van der Waals surface area contributed by atoms with E-state index in [-0.39, 0.29) is 0 Å². The van der Waals surface area contributed by atoms with E-state index in [1.807, 2.05) is 6.92 Å². The highest BCUT2D eigenvalue weighted by Gasteiger charge is 2.09. The predicted octanol–water partition coefficient (Wildman–Crippen LogP) is 2.80. The largest absolute Gasteiger partial charge is 0.388 e. The lowest BCUT2D eigenvalue weighted by molar-refractivity contribution is 0.166. The van der Waals surface area contributed by atoms with Crippen LogP contribution in [0.15, 0.2) is 18.2 Å². The molecule has 0 spiro atoms. The molecule has 0 heterocycles. The zero-order chi connectivity index (χ0) is 9.84. The number of aliphatic hydroxyl groups excluding tert-OH is 1. The molecule has 0 saturated carbocycles. The summed E-state index contributed by atoms with van der Waals surface area (Å²) in [6.07, 6.45) is 0.672. The first-order chi connectivity index (χ1) is 6.15. The molecule has 0 amide bonds. The first kappa shape index (κ1) is 10.1. The van der Waals surface area contributed by atoms with Gasteiger partial charge in [-0.15, -0.1) is 0 Å². The van der Waals surface area contributed by atoms with Crippen LogP contribution in [0.4, 0.5) is 8.78 Å². The minimum Gasteiger partial charge on any atom is -0.388 e. The van der Waals surface area contributed by atoms with Gasteiger partial charge in [-0.2, -0.15) is 0 Å². The number of aliphatic hydroxyl groups is 1. The van der Waals surface area contributed by atoms with Crippen LogP contribution < -0.4 is 0 Å². The van der Waals surface area contributed by atoms with E-state index in [1.54, 1.807) is 0 Å². The number of halogens is 2. The van der Waals surface area contributed by atoms with Gasteiger partial charge in [-0.3, -0.25) is 0 Å². The average molecular weight is 186 g/mol. The van der Waals surface area contributed by atoms with Crippen molar-refractivity contribution in [2.45, 2.75) is 25.9 Å². The Morgan fingerprint density at radius 1 is 1.31 bits per heavy atom. The Bertz CT molecular complexity index is 286. The van der Waals surface area contributed by atoms with Gasteiger partial charge in [0.25, 0.3) is 0 Å². The highest BCUT2D eigenvalue weighted by molar-refractivity contribution is 5.19. The Balaban J connectivity index is 2.84. The minimum absolute atomic E-state index is 0.431. The standard InChI is InChI=1S/C10H12F2O/c1-2-3-10(13)7-4-5-8(11)9(12)6-7/h4-6,10,13H,2-3H2,1H3. The van der Waals surface area contributed by atoms with Gasteiger partial charge in [0.15, 0.2) is 11.6 Å². The zero-order valence-corrected chi connectivity index (χ0v) is 7.43. The van der Waals surface area contributed by atoms with Gasteiger partial charge >= 0.3 is 0 Å². The molecule has 0 saturated heterocycles. The molecule has 0 aromatic heterocycles. The fourth-order valence-corrected chi connectivity index (χ4v) is 1.16. The summed E-state index contributed by atoms with van der Waals surface area (Å²) in [6.45, 7) is 1.92. The van der Waals surface area contributed by atoms with E-state index >= 15 is 0 Å². The van der Waals surface area contributed by atoms with Gasteiger partial charge in [0.2, 0.25) is 0 Å². The molecule has 1 aromatic rings. The molecular weight excluding hydrogens is 174 g/mol. The second kappa shape index (κ2) is 4.33. The van der Waals surface area contributed by atoms with Crippen LogP contribution in [0.3, 0.4) is 0 Å². The molecule has 3 heteroatoms. The average Bonchev–Trinajstić information content (AvgIpc) is 2.10. The van der Waals surface area contributed by atoms with Crippen molar-refractivity contribution in [1.29, 1.82) is 0 Å². The summed E-state index contributed by atoms with van der Waals surface area (Å²) in [7, 11) is 0. The van der Waals surface area contributed by atoms with Gasteiger partial charge < -0.3 is 5.11 Å². The molecule has 1 unspecified atom stereocenters. The second-order valence-electron chi connectivity index (χ2n) is 2.98. The Hall–Kier alpha value is -0.960. The fraction of sp³-hybridized carbons (Fsp3) is 0.400. The van der Waals surface area contributed by atoms with Crippen molar-refractivity contribution in [3.8, 4) is 0 Å². The molecule has 1 rings (SSSR count). The van der Waals surface area contributed by atoms with Crippen LogP contribution in [0, 0.1) is 11.6 Å². The van der Waals surface area contributed by atoms with E-state index in [0.717, 1.165) is 18.6 Å². The first-order valence-corrected chi connectivity index (χ1v) is 4.28. The van der Waals surface area contributed by atoms with Gasteiger partial charge in [-0.25, -0.2) is 8.78 Å². The van der Waals surface area contributed by atoms with Crippen LogP contribution >= 0.6 is 0 Å². The van der Waals surface area contributed by atoms with Crippen molar-refractivity contribution in [1.82, 2.24) is 0 Å². The van der Waals surface area contributed by atoms with E-state index in [2.05, 4.69) is 0 Å². The molecule has 0 aliphatic carbocycles. The number of rotatable bonds is 3. The van der Waals surface area contributed by atoms with Crippen LogP contribution in [0.5, 0.6) is 0 Å². The quantitative estimate of drug-likeness (QED) is 0.769. The lowest BCUT2D eigenvalue weighted by Gasteiger charge is -2.09. The zero-order valence-electron chi connectivity index (χ0n) is 7.43. The van der Waals surface area contributed by atoms with Crippen molar-refractivity contribution in [3.63, 3.8) is 0 Å². The van der Waals surface area contributed by atoms with E-state index in [4.69, 9.17) is 0 Å². The highest BCUT2D eigenvalue weighted by atomic mass is 19.2. The van der Waals surface area contributed by atoms with Gasteiger partial charge in [0, 0.05) is 0 Å². The van der Waals surface area contributed by atoms with Crippen molar-refractivity contribution in [3.05, 3.63) is 35.4 Å². The second-order valence-corrected chi connectivity index (χ2v) is 2.98. The lowest BCUT2D eigenvalue weighted by Crippen LogP contribution is -1.98. The third-order valence-corrected chi connectivity index (χ3v) is 1.89. The topological polar surface area (TPSA) is 20.2 Å². The van der Waals surface area contributed by atoms with Gasteiger partial charge in [0.1, 0.15) is 0 Å². The molecule has 0 aliphatic rings. The van der Waals surface area contributed by atoms with Gasteiger partial charge in [-0.1, -0.05) is 19.4 Å². The summed E-state index contributed by atoms with van der Waals surface area (Å²) in [5.74, 6) is -1.79. The summed E-state index contributed by atoms with van der Waals surface area (Å²) >= 11 is 0. The number of benzene rings is 1. The first-order valence-electron chi connectivity index (χ1n) is 4.28. The maximum absolute atomic E-state index is 12.7. The monoisotopic (exact) mass is 186 g/mol. The minimum atomic E-state index is -0.910. The van der Waals surface area contributed by atoms with E-state index in [0.29, 0.717) is 12.0 Å². The lowest BCUT2D eigenvalue weighted by atomic mass is 10.1. The maximum Gasteiger partial charge on any atom is 0.159 e. The van der Waals surface area contributed by atoms with Crippen molar-refractivity contribution in [2.24, 2.45) is 0 Å². The molecule has 72 valence electrons. The van der Waals surface area contributed by atoms with Crippen LogP contribution in [0.2, 0.25) is 0 Å². The van der Waals surface area contributed by atoms with Crippen molar-refractivity contribution in [2.75, 3.05) is 0 Å². The molecular formula is C10H12F2O. The highest BCUT2D eigenvalue weighted by Crippen LogP contribution is 2.19. The maximum atomic E-state index is 12.7. The molecule has 0 aliphatic heterocycles. The molecule has 1 atom stereocenters. The summed E-state index contributed by atoms with van der Waals surface area (Å²) < 4.78 is 25.2. The Morgan fingerprint density at radius 3 is 2.54 bits per heavy atom.